The molecule has 2 saturated carbocycles. The zero-order chi connectivity index (χ0) is 25.1. The number of ether oxygens (including phenoxy) is 1. The molecule has 0 aromatic carbocycles. The number of rotatable bonds is 4. The summed E-state index contributed by atoms with van der Waals surface area (Å²) in [5.74, 6) is 1.34. The topological polar surface area (TPSA) is 70.1 Å². The first-order chi connectivity index (χ1) is 15.6. The molecule has 5 aliphatic rings. The molecule has 0 amide bonds. The van der Waals surface area contributed by atoms with Crippen LogP contribution in [0.1, 0.15) is 107 Å². The van der Waals surface area contributed by atoms with Gasteiger partial charge in [0.15, 0.2) is 0 Å². The molecule has 1 heterocycles. The Morgan fingerprint density at radius 3 is 2.26 bits per heavy atom. The summed E-state index contributed by atoms with van der Waals surface area (Å²) in [5, 5.41) is 22.4. The molecule has 5 rings (SSSR count). The average Bonchev–Trinajstić information content (AvgIpc) is 3.26. The summed E-state index contributed by atoms with van der Waals surface area (Å²) < 4.78 is 5.74. The maximum absolute atomic E-state index is 12.9. The quantitative estimate of drug-likeness (QED) is 0.398. The summed E-state index contributed by atoms with van der Waals surface area (Å²) in [6, 6.07) is 0. The van der Waals surface area contributed by atoms with Gasteiger partial charge in [0.05, 0.1) is 17.8 Å². The number of aliphatic hydroxyl groups is 2. The summed E-state index contributed by atoms with van der Waals surface area (Å²) in [5.41, 5.74) is 2.65. The van der Waals surface area contributed by atoms with E-state index in [-0.39, 0.29) is 33.9 Å². The van der Waals surface area contributed by atoms with Crippen LogP contribution in [0.4, 0.5) is 0 Å². The fourth-order valence-corrected chi connectivity index (χ4v) is 10.1. The molecule has 0 bridgehead atoms. The molecular weight excluding hydrogens is 424 g/mol. The molecular formula is C30H48O4. The maximum atomic E-state index is 12.9. The van der Waals surface area contributed by atoms with Crippen molar-refractivity contribution >= 4 is 5.78 Å². The van der Waals surface area contributed by atoms with Crippen LogP contribution >= 0.6 is 0 Å². The lowest BCUT2D eigenvalue weighted by Crippen LogP contribution is -2.58. The van der Waals surface area contributed by atoms with Gasteiger partial charge in [0.1, 0.15) is 11.9 Å². The van der Waals surface area contributed by atoms with Gasteiger partial charge >= 0.3 is 0 Å². The lowest BCUT2D eigenvalue weighted by atomic mass is 9.43. The average molecular weight is 473 g/mol. The molecule has 1 aliphatic heterocycles. The van der Waals surface area contributed by atoms with E-state index in [1.165, 1.54) is 18.4 Å². The molecule has 4 nitrogen and oxygen atoms in total. The van der Waals surface area contributed by atoms with E-state index in [4.69, 9.17) is 4.74 Å². The van der Waals surface area contributed by atoms with Gasteiger partial charge < -0.3 is 14.9 Å². The number of Topliss-reactive ketones (excluding diaryl/α,β-unsaturated/α-hetero) is 1. The molecule has 4 aliphatic carbocycles. The monoisotopic (exact) mass is 472 g/mol. The Balaban J connectivity index is 1.46. The number of hydrogen-bond donors (Lipinski definition) is 2. The van der Waals surface area contributed by atoms with E-state index in [1.807, 2.05) is 0 Å². The number of epoxide rings is 1. The summed E-state index contributed by atoms with van der Waals surface area (Å²) in [7, 11) is 0. The van der Waals surface area contributed by atoms with Gasteiger partial charge in [-0.15, -0.1) is 0 Å². The number of carbonyl (C=O) groups is 1. The molecule has 0 radical (unpaired) electrons. The van der Waals surface area contributed by atoms with E-state index in [2.05, 4.69) is 55.4 Å². The first-order valence-electron chi connectivity index (χ1n) is 13.9. The van der Waals surface area contributed by atoms with Crippen LogP contribution in [0.2, 0.25) is 0 Å². The van der Waals surface area contributed by atoms with Crippen LogP contribution in [0.15, 0.2) is 11.1 Å². The third kappa shape index (κ3) is 3.16. The maximum Gasteiger partial charge on any atom is 0.138 e. The summed E-state index contributed by atoms with van der Waals surface area (Å²) in [6.45, 7) is 18.0. The highest BCUT2D eigenvalue weighted by Crippen LogP contribution is 2.72. The number of carbonyl (C=O) groups excluding carboxylic acids is 1. The van der Waals surface area contributed by atoms with Crippen molar-refractivity contribution in [3.63, 3.8) is 0 Å². The van der Waals surface area contributed by atoms with E-state index >= 15 is 0 Å². The van der Waals surface area contributed by atoms with Gasteiger partial charge in [-0.1, -0.05) is 52.7 Å². The number of hydrogen-bond acceptors (Lipinski definition) is 4. The van der Waals surface area contributed by atoms with Gasteiger partial charge in [0, 0.05) is 17.8 Å². The van der Waals surface area contributed by atoms with Crippen molar-refractivity contribution in [2.75, 3.05) is 0 Å². The molecule has 34 heavy (non-hydrogen) atoms. The Hall–Kier alpha value is -0.710. The first kappa shape index (κ1) is 25.0. The van der Waals surface area contributed by atoms with Gasteiger partial charge in [0.2, 0.25) is 0 Å². The van der Waals surface area contributed by atoms with Crippen LogP contribution in [-0.4, -0.2) is 39.9 Å². The normalized spacial score (nSPS) is 48.6. The molecule has 0 aromatic heterocycles. The van der Waals surface area contributed by atoms with E-state index in [0.717, 1.165) is 32.1 Å². The van der Waals surface area contributed by atoms with Crippen molar-refractivity contribution in [2.45, 2.75) is 131 Å². The Morgan fingerprint density at radius 2 is 1.65 bits per heavy atom. The minimum absolute atomic E-state index is 0.0149. The smallest absolute Gasteiger partial charge is 0.138 e. The standard InChI is InChI=1S/C30H48O4/c1-17(15-22(32)25-27(4,5)34-25)18-9-13-30(8)20-16-21(31)24-26(2,3)23(33)11-12-28(24,6)19(20)10-14-29(18,30)7/h17-18,21-22,24-25,31-32H,9-16H2,1-8H3/t17-,18-,21+,22?,24-,25?,28+,29-,30+/m0/s1. The molecule has 4 heteroatoms. The van der Waals surface area contributed by atoms with Crippen molar-refractivity contribution in [2.24, 2.45) is 39.4 Å². The molecule has 0 aromatic rings. The third-order valence-electron chi connectivity index (χ3n) is 12.2. The minimum Gasteiger partial charge on any atom is -0.392 e. The van der Waals surface area contributed by atoms with Crippen molar-refractivity contribution in [1.82, 2.24) is 0 Å². The number of fused-ring (bicyclic) bond motifs is 4. The predicted molar refractivity (Wildman–Crippen MR) is 134 cm³/mol. The Labute approximate surface area is 206 Å². The highest BCUT2D eigenvalue weighted by atomic mass is 16.6. The van der Waals surface area contributed by atoms with Crippen LogP contribution in [0, 0.1) is 39.4 Å². The lowest BCUT2D eigenvalue weighted by Gasteiger charge is -2.62. The molecule has 3 fully saturated rings. The van der Waals surface area contributed by atoms with E-state index in [0.29, 0.717) is 24.0 Å². The summed E-state index contributed by atoms with van der Waals surface area (Å²) in [6.07, 6.45) is 6.79. The van der Waals surface area contributed by atoms with Gasteiger partial charge in [-0.2, -0.15) is 0 Å². The fourth-order valence-electron chi connectivity index (χ4n) is 10.1. The largest absolute Gasteiger partial charge is 0.392 e. The number of ketones is 1. The zero-order valence-electron chi connectivity index (χ0n) is 22.8. The van der Waals surface area contributed by atoms with Crippen molar-refractivity contribution in [3.8, 4) is 0 Å². The minimum atomic E-state index is -0.464. The Morgan fingerprint density at radius 1 is 1.00 bits per heavy atom. The lowest BCUT2D eigenvalue weighted by molar-refractivity contribution is -0.148. The van der Waals surface area contributed by atoms with E-state index in [9.17, 15) is 15.0 Å². The number of aliphatic hydroxyl groups excluding tert-OH is 2. The highest BCUT2D eigenvalue weighted by molar-refractivity contribution is 5.86. The van der Waals surface area contributed by atoms with Crippen LogP contribution in [0.5, 0.6) is 0 Å². The number of allylic oxidation sites excluding steroid dienone is 1. The molecule has 9 atom stereocenters. The molecule has 2 N–H and O–H groups in total. The van der Waals surface area contributed by atoms with Crippen LogP contribution < -0.4 is 0 Å². The van der Waals surface area contributed by atoms with Crippen molar-refractivity contribution < 1.29 is 19.7 Å². The summed E-state index contributed by atoms with van der Waals surface area (Å²) >= 11 is 0. The second-order valence-corrected chi connectivity index (χ2v) is 14.6. The van der Waals surface area contributed by atoms with Gasteiger partial charge in [-0.3, -0.25) is 4.79 Å². The van der Waals surface area contributed by atoms with Gasteiger partial charge in [-0.25, -0.2) is 0 Å². The van der Waals surface area contributed by atoms with Crippen LogP contribution in [-0.2, 0) is 9.53 Å². The molecule has 2 unspecified atom stereocenters. The van der Waals surface area contributed by atoms with Crippen LogP contribution in [0.25, 0.3) is 0 Å². The van der Waals surface area contributed by atoms with Gasteiger partial charge in [0.25, 0.3) is 0 Å². The third-order valence-corrected chi connectivity index (χ3v) is 12.2. The Bertz CT molecular complexity index is 917. The molecule has 1 saturated heterocycles. The van der Waals surface area contributed by atoms with Gasteiger partial charge in [-0.05, 0) is 86.9 Å². The second-order valence-electron chi connectivity index (χ2n) is 14.6. The zero-order valence-corrected chi connectivity index (χ0v) is 22.8. The van der Waals surface area contributed by atoms with Crippen molar-refractivity contribution in [3.05, 3.63) is 11.1 Å². The SMILES string of the molecule is C[C@@H](CC(O)C1OC1(C)C)[C@@H]1CC[C@]2(C)C3=C(CC[C@@]12C)[C@@]1(C)CCC(=O)C(C)(C)[C@@H]1[C@H](O)C3. The predicted octanol–water partition coefficient (Wildman–Crippen LogP) is 5.84. The van der Waals surface area contributed by atoms with E-state index < -0.39 is 17.6 Å². The van der Waals surface area contributed by atoms with Crippen molar-refractivity contribution in [1.29, 1.82) is 0 Å². The first-order valence-corrected chi connectivity index (χ1v) is 13.9. The molecule has 0 spiro atoms. The summed E-state index contributed by atoms with van der Waals surface area (Å²) in [4.78, 5) is 12.9. The Kier molecular flexibility index (Phi) is 5.44. The molecule has 192 valence electrons. The second kappa shape index (κ2) is 7.42. The fraction of sp³-hybridized carbons (Fsp3) is 0.900. The van der Waals surface area contributed by atoms with E-state index in [1.54, 1.807) is 5.57 Å². The van der Waals surface area contributed by atoms with Crippen LogP contribution in [0.3, 0.4) is 0 Å². The highest BCUT2D eigenvalue weighted by Gasteiger charge is 2.65.